The highest BCUT2D eigenvalue weighted by Crippen LogP contribution is 2.22. The molecule has 0 aliphatic carbocycles. The quantitative estimate of drug-likeness (QED) is 0.899. The third-order valence-corrected chi connectivity index (χ3v) is 2.67. The van der Waals surface area contributed by atoms with Crippen LogP contribution in [0.2, 0.25) is 0 Å². The van der Waals surface area contributed by atoms with Crippen molar-refractivity contribution in [2.45, 2.75) is 26.3 Å². The highest BCUT2D eigenvalue weighted by atomic mass is 19.1. The topological polar surface area (TPSA) is 61.0 Å². The van der Waals surface area contributed by atoms with Crippen molar-refractivity contribution in [2.24, 2.45) is 5.73 Å². The smallest absolute Gasteiger partial charge is 0.222 e. The maximum absolute atomic E-state index is 13.6. The minimum atomic E-state index is -0.372. The van der Waals surface area contributed by atoms with Crippen molar-refractivity contribution in [3.05, 3.63) is 47.7 Å². The number of aromatic nitrogens is 2. The van der Waals surface area contributed by atoms with Crippen molar-refractivity contribution in [1.82, 2.24) is 9.97 Å². The van der Waals surface area contributed by atoms with Gasteiger partial charge in [-0.15, -0.1) is 0 Å². The van der Waals surface area contributed by atoms with Crippen molar-refractivity contribution in [1.29, 1.82) is 0 Å². The van der Waals surface area contributed by atoms with Crippen molar-refractivity contribution in [2.75, 3.05) is 0 Å². The molecule has 0 aliphatic heterocycles. The van der Waals surface area contributed by atoms with Crippen LogP contribution in [0.1, 0.15) is 24.6 Å². The van der Waals surface area contributed by atoms with Gasteiger partial charge in [-0.1, -0.05) is 19.4 Å². The molecule has 2 aromatic rings. The average Bonchev–Trinajstić information content (AvgIpc) is 2.40. The van der Waals surface area contributed by atoms with E-state index in [1.165, 1.54) is 12.4 Å². The van der Waals surface area contributed by atoms with E-state index in [-0.39, 0.29) is 12.4 Å². The Bertz CT molecular complexity index is 560. The summed E-state index contributed by atoms with van der Waals surface area (Å²) in [5.41, 5.74) is 6.77. The summed E-state index contributed by atoms with van der Waals surface area (Å²) in [4.78, 5) is 8.14. The predicted molar refractivity (Wildman–Crippen MR) is 70.4 cm³/mol. The van der Waals surface area contributed by atoms with Crippen LogP contribution in [-0.4, -0.2) is 9.97 Å². The minimum Gasteiger partial charge on any atom is -0.439 e. The number of nitrogens with zero attached hydrogens (tertiary/aromatic N) is 2. The lowest BCUT2D eigenvalue weighted by Gasteiger charge is -2.07. The zero-order chi connectivity index (χ0) is 13.7. The number of aryl methyl sites for hydroxylation is 1. The first-order valence-corrected chi connectivity index (χ1v) is 6.20. The van der Waals surface area contributed by atoms with Gasteiger partial charge < -0.3 is 10.5 Å². The van der Waals surface area contributed by atoms with Gasteiger partial charge in [0.2, 0.25) is 5.88 Å². The molecule has 1 aromatic carbocycles. The molecule has 4 nitrogen and oxygen atoms in total. The van der Waals surface area contributed by atoms with E-state index >= 15 is 0 Å². The lowest BCUT2D eigenvalue weighted by molar-refractivity contribution is 0.454. The molecule has 19 heavy (non-hydrogen) atoms. The van der Waals surface area contributed by atoms with Gasteiger partial charge in [0, 0.05) is 29.9 Å². The van der Waals surface area contributed by atoms with Gasteiger partial charge in [-0.05, 0) is 12.5 Å². The zero-order valence-electron chi connectivity index (χ0n) is 10.8. The second-order valence-electron chi connectivity index (χ2n) is 4.16. The molecule has 0 atom stereocenters. The number of benzene rings is 1. The van der Waals surface area contributed by atoms with Crippen LogP contribution < -0.4 is 10.5 Å². The van der Waals surface area contributed by atoms with E-state index in [4.69, 9.17) is 10.5 Å². The molecule has 0 fully saturated rings. The molecule has 2 N–H and O–H groups in total. The third kappa shape index (κ3) is 3.48. The zero-order valence-corrected chi connectivity index (χ0v) is 10.8. The average molecular weight is 261 g/mol. The molecular weight excluding hydrogens is 245 g/mol. The first-order chi connectivity index (χ1) is 9.22. The molecule has 0 radical (unpaired) electrons. The molecule has 1 heterocycles. The first-order valence-electron chi connectivity index (χ1n) is 6.20. The molecule has 0 saturated heterocycles. The minimum absolute atomic E-state index is 0.167. The van der Waals surface area contributed by atoms with Crippen LogP contribution in [0.4, 0.5) is 4.39 Å². The monoisotopic (exact) mass is 261 g/mol. The Morgan fingerprint density at radius 3 is 2.79 bits per heavy atom. The van der Waals surface area contributed by atoms with E-state index in [1.54, 1.807) is 18.2 Å². The Balaban J connectivity index is 2.16. The second kappa shape index (κ2) is 6.24. The number of hydrogen-bond donors (Lipinski definition) is 1. The maximum atomic E-state index is 13.6. The van der Waals surface area contributed by atoms with Gasteiger partial charge in [-0.25, -0.2) is 14.4 Å². The molecule has 0 unspecified atom stereocenters. The number of hydrogen-bond acceptors (Lipinski definition) is 4. The largest absolute Gasteiger partial charge is 0.439 e. The predicted octanol–water partition coefficient (Wildman–Crippen LogP) is 2.82. The highest BCUT2D eigenvalue weighted by Gasteiger charge is 2.05. The van der Waals surface area contributed by atoms with E-state index < -0.39 is 0 Å². The number of ether oxygens (including phenoxy) is 1. The first kappa shape index (κ1) is 13.4. The molecule has 1 aromatic heterocycles. The van der Waals surface area contributed by atoms with Crippen LogP contribution in [0.3, 0.4) is 0 Å². The van der Waals surface area contributed by atoms with E-state index in [2.05, 4.69) is 16.9 Å². The van der Waals surface area contributed by atoms with Crippen LogP contribution in [0, 0.1) is 5.82 Å². The van der Waals surface area contributed by atoms with Gasteiger partial charge in [-0.2, -0.15) is 0 Å². The van der Waals surface area contributed by atoms with Crippen molar-refractivity contribution >= 4 is 0 Å². The van der Waals surface area contributed by atoms with Crippen molar-refractivity contribution in [3.63, 3.8) is 0 Å². The summed E-state index contributed by atoms with van der Waals surface area (Å²) in [7, 11) is 0. The summed E-state index contributed by atoms with van der Waals surface area (Å²) >= 11 is 0. The maximum Gasteiger partial charge on any atom is 0.222 e. The van der Waals surface area contributed by atoms with Gasteiger partial charge in [-0.3, -0.25) is 0 Å². The summed E-state index contributed by atoms with van der Waals surface area (Å²) in [5.74, 6) is 0.442. The Morgan fingerprint density at radius 2 is 2.11 bits per heavy atom. The Hall–Kier alpha value is -2.01. The number of rotatable bonds is 5. The van der Waals surface area contributed by atoms with E-state index in [0.717, 1.165) is 18.5 Å². The molecule has 0 aliphatic rings. The van der Waals surface area contributed by atoms with Gasteiger partial charge >= 0.3 is 0 Å². The molecule has 0 spiro atoms. The van der Waals surface area contributed by atoms with Crippen LogP contribution in [0.5, 0.6) is 11.6 Å². The van der Waals surface area contributed by atoms with Crippen LogP contribution >= 0.6 is 0 Å². The van der Waals surface area contributed by atoms with Gasteiger partial charge in [0.05, 0.1) is 0 Å². The van der Waals surface area contributed by atoms with E-state index in [1.807, 2.05) is 0 Å². The number of nitrogens with two attached hydrogens (primary N) is 1. The fourth-order valence-electron chi connectivity index (χ4n) is 1.70. The summed E-state index contributed by atoms with van der Waals surface area (Å²) < 4.78 is 19.1. The van der Waals surface area contributed by atoms with Gasteiger partial charge in [0.25, 0.3) is 0 Å². The van der Waals surface area contributed by atoms with Crippen LogP contribution in [-0.2, 0) is 13.0 Å². The standard InChI is InChI=1S/C14H16FN3O/c1-2-3-11-6-14(18-9-17-11)19-12-5-4-10(8-16)13(15)7-12/h4-7,9H,2-3,8,16H2,1H3. The van der Waals surface area contributed by atoms with Crippen LogP contribution in [0.15, 0.2) is 30.6 Å². The fourth-order valence-corrected chi connectivity index (χ4v) is 1.70. The summed E-state index contributed by atoms with van der Waals surface area (Å²) in [6, 6.07) is 6.35. The number of halogens is 1. The lowest BCUT2D eigenvalue weighted by atomic mass is 10.2. The van der Waals surface area contributed by atoms with Crippen molar-refractivity contribution in [3.8, 4) is 11.6 Å². The summed E-state index contributed by atoms with van der Waals surface area (Å²) in [5, 5.41) is 0. The van der Waals surface area contributed by atoms with Crippen molar-refractivity contribution < 1.29 is 9.13 Å². The molecule has 2 rings (SSSR count). The molecule has 0 bridgehead atoms. The normalized spacial score (nSPS) is 10.5. The SMILES string of the molecule is CCCc1cc(Oc2ccc(CN)c(F)c2)ncn1. The molecule has 5 heteroatoms. The Labute approximate surface area is 111 Å². The molecule has 0 saturated carbocycles. The van der Waals surface area contributed by atoms with Crippen LogP contribution in [0.25, 0.3) is 0 Å². The van der Waals surface area contributed by atoms with Gasteiger partial charge in [0.15, 0.2) is 0 Å². The Morgan fingerprint density at radius 1 is 1.26 bits per heavy atom. The van der Waals surface area contributed by atoms with E-state index in [9.17, 15) is 4.39 Å². The summed E-state index contributed by atoms with van der Waals surface area (Å²) in [6.07, 6.45) is 3.31. The Kier molecular flexibility index (Phi) is 4.41. The summed E-state index contributed by atoms with van der Waals surface area (Å²) in [6.45, 7) is 2.24. The molecule has 100 valence electrons. The molecule has 0 amide bonds. The highest BCUT2D eigenvalue weighted by molar-refractivity contribution is 5.31. The fraction of sp³-hybridized carbons (Fsp3) is 0.286. The lowest BCUT2D eigenvalue weighted by Crippen LogP contribution is -2.00. The van der Waals surface area contributed by atoms with E-state index in [0.29, 0.717) is 17.2 Å². The second-order valence-corrected chi connectivity index (χ2v) is 4.16. The van der Waals surface area contributed by atoms with Gasteiger partial charge in [0.1, 0.15) is 17.9 Å². The third-order valence-electron chi connectivity index (χ3n) is 2.67. The molecular formula is C14H16FN3O.